The van der Waals surface area contributed by atoms with E-state index in [1.807, 2.05) is 32.2 Å². The summed E-state index contributed by atoms with van der Waals surface area (Å²) in [7, 11) is 0. The molecule has 1 aliphatic rings. The summed E-state index contributed by atoms with van der Waals surface area (Å²) in [4.78, 5) is 19.4. The molecule has 154 valence electrons. The molecule has 1 aromatic heterocycles. The number of aromatic nitrogens is 1. The second-order valence-electron chi connectivity index (χ2n) is 7.46. The van der Waals surface area contributed by atoms with Crippen molar-refractivity contribution in [2.24, 2.45) is 4.99 Å². The molecule has 2 heterocycles. The first-order chi connectivity index (χ1) is 14.4. The lowest BCUT2D eigenvalue weighted by atomic mass is 10.0. The van der Waals surface area contributed by atoms with Crippen molar-refractivity contribution in [2.45, 2.75) is 26.6 Å². The number of hydrogen-bond acceptors (Lipinski definition) is 3. The van der Waals surface area contributed by atoms with Crippen LogP contribution < -0.4 is 5.56 Å². The summed E-state index contributed by atoms with van der Waals surface area (Å²) >= 11 is 12.5. The Kier molecular flexibility index (Phi) is 6.04. The van der Waals surface area contributed by atoms with E-state index in [1.54, 1.807) is 24.5 Å². The van der Waals surface area contributed by atoms with Crippen LogP contribution >= 0.6 is 23.2 Å². The highest BCUT2D eigenvalue weighted by molar-refractivity contribution is 6.35. The third-order valence-corrected chi connectivity index (χ3v) is 6.00. The van der Waals surface area contributed by atoms with Gasteiger partial charge >= 0.3 is 0 Å². The number of nitrogens with zero attached hydrogens (tertiary/aromatic N) is 2. The Labute approximate surface area is 184 Å². The number of H-pyrrole nitrogens is 1. The van der Waals surface area contributed by atoms with Crippen molar-refractivity contribution in [3.8, 4) is 0 Å². The van der Waals surface area contributed by atoms with Crippen LogP contribution in [0.3, 0.4) is 0 Å². The normalized spacial score (nSPS) is 14.3. The van der Waals surface area contributed by atoms with Gasteiger partial charge in [-0.25, -0.2) is 0 Å². The minimum atomic E-state index is -0.311. The van der Waals surface area contributed by atoms with Crippen molar-refractivity contribution in [3.05, 3.63) is 79.1 Å². The van der Waals surface area contributed by atoms with Crippen LogP contribution in [-0.4, -0.2) is 35.2 Å². The molecule has 0 bridgehead atoms. The maximum atomic E-state index is 12.3. The third kappa shape index (κ3) is 4.33. The molecular formula is C23H22Cl2N3O2+. The number of fused-ring (bicyclic) bond motifs is 1. The maximum absolute atomic E-state index is 12.3. The summed E-state index contributed by atoms with van der Waals surface area (Å²) in [5.74, 6) is 0. The standard InChI is InChI=1S/C23H21Cl2N3O2/c1-14-3-5-18-16(9-22(29)27-23(18)15(14)2)12-30-21(11-28-8-7-26-13-28)19-6-4-17(24)10-20(19)25/h3-7,9-10,13,21H,8,11-12H2,1-2H3/p+1. The molecule has 1 unspecified atom stereocenters. The van der Waals surface area contributed by atoms with E-state index in [0.717, 1.165) is 39.7 Å². The number of halogens is 2. The molecule has 1 atom stereocenters. The first-order valence-corrected chi connectivity index (χ1v) is 10.5. The number of rotatable bonds is 6. The van der Waals surface area contributed by atoms with E-state index in [4.69, 9.17) is 27.9 Å². The predicted octanol–water partition coefficient (Wildman–Crippen LogP) is 4.83. The number of aliphatic imine (C=N–C) groups is 1. The fraction of sp³-hybridized carbons (Fsp3) is 0.261. The quantitative estimate of drug-likeness (QED) is 0.555. The second kappa shape index (κ2) is 8.72. The average Bonchev–Trinajstić information content (AvgIpc) is 3.21. The third-order valence-electron chi connectivity index (χ3n) is 5.44. The molecule has 0 aliphatic carbocycles. The number of aromatic amines is 1. The highest BCUT2D eigenvalue weighted by Gasteiger charge is 2.22. The highest BCUT2D eigenvalue weighted by atomic mass is 35.5. The van der Waals surface area contributed by atoms with Gasteiger partial charge in [-0.05, 0) is 42.7 Å². The van der Waals surface area contributed by atoms with Crippen molar-refractivity contribution in [1.82, 2.24) is 4.98 Å². The highest BCUT2D eigenvalue weighted by Crippen LogP contribution is 2.30. The maximum Gasteiger partial charge on any atom is 0.281 e. The number of aryl methyl sites for hydroxylation is 2. The van der Waals surface area contributed by atoms with Crippen molar-refractivity contribution in [3.63, 3.8) is 0 Å². The summed E-state index contributed by atoms with van der Waals surface area (Å²) in [5, 5.41) is 2.11. The lowest BCUT2D eigenvalue weighted by Crippen LogP contribution is -2.22. The minimum absolute atomic E-state index is 0.142. The first-order valence-electron chi connectivity index (χ1n) is 9.70. The Balaban J connectivity index is 1.67. The minimum Gasteiger partial charge on any atom is -0.365 e. The molecule has 0 amide bonds. The van der Waals surface area contributed by atoms with E-state index in [1.165, 1.54) is 0 Å². The van der Waals surface area contributed by atoms with Crippen LogP contribution in [0.25, 0.3) is 10.9 Å². The smallest absolute Gasteiger partial charge is 0.281 e. The van der Waals surface area contributed by atoms with Gasteiger partial charge in [-0.3, -0.25) is 9.37 Å². The van der Waals surface area contributed by atoms with Gasteiger partial charge in [0.1, 0.15) is 19.2 Å². The molecule has 0 radical (unpaired) electrons. The van der Waals surface area contributed by atoms with Crippen LogP contribution in [0.2, 0.25) is 10.0 Å². The molecule has 3 aromatic rings. The predicted molar refractivity (Wildman–Crippen MR) is 123 cm³/mol. The lowest BCUT2D eigenvalue weighted by Gasteiger charge is -2.20. The Morgan fingerprint density at radius 1 is 1.20 bits per heavy atom. The van der Waals surface area contributed by atoms with Gasteiger partial charge in [-0.1, -0.05) is 46.4 Å². The summed E-state index contributed by atoms with van der Waals surface area (Å²) in [6, 6.07) is 11.1. The molecule has 2 aromatic carbocycles. The number of ether oxygens (including phenoxy) is 1. The van der Waals surface area contributed by atoms with Gasteiger partial charge in [0.15, 0.2) is 6.21 Å². The summed E-state index contributed by atoms with van der Waals surface area (Å²) in [5.41, 5.74) is 4.59. The zero-order chi connectivity index (χ0) is 21.3. The van der Waals surface area contributed by atoms with E-state index in [9.17, 15) is 4.79 Å². The zero-order valence-electron chi connectivity index (χ0n) is 16.8. The Morgan fingerprint density at radius 2 is 2.03 bits per heavy atom. The molecule has 4 rings (SSSR count). The van der Waals surface area contributed by atoms with E-state index in [2.05, 4.69) is 20.6 Å². The van der Waals surface area contributed by atoms with Crippen LogP contribution in [0.4, 0.5) is 0 Å². The summed E-state index contributed by atoms with van der Waals surface area (Å²) in [6.07, 6.45) is 3.32. The van der Waals surface area contributed by atoms with Gasteiger partial charge in [0.2, 0.25) is 5.56 Å². The van der Waals surface area contributed by atoms with Crippen LogP contribution in [0.15, 0.2) is 46.2 Å². The molecule has 5 nitrogen and oxygen atoms in total. The van der Waals surface area contributed by atoms with Crippen LogP contribution in [0.5, 0.6) is 0 Å². The summed E-state index contributed by atoms with van der Waals surface area (Å²) < 4.78 is 8.39. The fourth-order valence-corrected chi connectivity index (χ4v) is 4.16. The van der Waals surface area contributed by atoms with E-state index < -0.39 is 0 Å². The van der Waals surface area contributed by atoms with Gasteiger partial charge in [0, 0.05) is 27.1 Å². The Bertz CT molecular complexity index is 1230. The van der Waals surface area contributed by atoms with Crippen LogP contribution in [-0.2, 0) is 11.3 Å². The van der Waals surface area contributed by atoms with Gasteiger partial charge < -0.3 is 9.72 Å². The number of pyridine rings is 1. The van der Waals surface area contributed by atoms with Crippen LogP contribution in [0, 0.1) is 13.8 Å². The lowest BCUT2D eigenvalue weighted by molar-refractivity contribution is -0.517. The topological polar surface area (TPSA) is 57.5 Å². The molecule has 0 fully saturated rings. The van der Waals surface area contributed by atoms with Crippen molar-refractivity contribution >= 4 is 46.7 Å². The first kappa shape index (κ1) is 20.8. The fourth-order valence-electron chi connectivity index (χ4n) is 3.63. The van der Waals surface area contributed by atoms with Gasteiger partial charge in [-0.15, -0.1) is 0 Å². The molecule has 0 saturated heterocycles. The SMILES string of the molecule is Cc1ccc2c(COC(C[N+]3=CN=CC3)c3ccc(Cl)cc3Cl)cc(=O)[nH]c2c1C. The van der Waals surface area contributed by atoms with Gasteiger partial charge in [0.25, 0.3) is 6.34 Å². The van der Waals surface area contributed by atoms with Crippen LogP contribution in [0.1, 0.15) is 28.4 Å². The molecule has 1 aliphatic heterocycles. The monoisotopic (exact) mass is 442 g/mol. The Morgan fingerprint density at radius 3 is 2.77 bits per heavy atom. The molecule has 7 heteroatoms. The van der Waals surface area contributed by atoms with Crippen molar-refractivity contribution in [2.75, 3.05) is 13.1 Å². The molecule has 30 heavy (non-hydrogen) atoms. The number of benzene rings is 2. The molecule has 1 N–H and O–H groups in total. The molecule has 0 spiro atoms. The second-order valence-corrected chi connectivity index (χ2v) is 8.30. The van der Waals surface area contributed by atoms with E-state index in [-0.39, 0.29) is 18.3 Å². The van der Waals surface area contributed by atoms with Gasteiger partial charge in [-0.2, -0.15) is 0 Å². The molecular weight excluding hydrogens is 421 g/mol. The van der Waals surface area contributed by atoms with Gasteiger partial charge in [0.05, 0.1) is 12.1 Å². The van der Waals surface area contributed by atoms with E-state index in [0.29, 0.717) is 16.6 Å². The zero-order valence-corrected chi connectivity index (χ0v) is 18.3. The number of nitrogens with one attached hydrogen (secondary N) is 1. The molecule has 0 saturated carbocycles. The Hall–Kier alpha value is -2.47. The number of hydrogen-bond donors (Lipinski definition) is 1. The summed E-state index contributed by atoms with van der Waals surface area (Å²) in [6.45, 7) is 5.63. The van der Waals surface area contributed by atoms with E-state index >= 15 is 0 Å². The average molecular weight is 443 g/mol. The largest absolute Gasteiger partial charge is 0.365 e. The van der Waals surface area contributed by atoms with Crippen molar-refractivity contribution in [1.29, 1.82) is 0 Å². The van der Waals surface area contributed by atoms with Crippen molar-refractivity contribution < 1.29 is 9.31 Å².